The van der Waals surface area contributed by atoms with Crippen LogP contribution in [0.15, 0.2) is 59.5 Å². The van der Waals surface area contributed by atoms with Crippen LogP contribution in [0.3, 0.4) is 0 Å². The number of nitrogens with zero attached hydrogens (tertiary/aromatic N) is 1. The first-order valence-electron chi connectivity index (χ1n) is 7.84. The minimum Gasteiger partial charge on any atom is -0.326 e. The first-order valence-corrected chi connectivity index (χ1v) is 9.28. The number of nitrogens with one attached hydrogen (secondary N) is 1. The van der Waals surface area contributed by atoms with Crippen LogP contribution in [0.25, 0.3) is 0 Å². The van der Waals surface area contributed by atoms with Gasteiger partial charge in [0.25, 0.3) is 10.0 Å². The zero-order chi connectivity index (χ0) is 17.3. The quantitative estimate of drug-likeness (QED) is 0.906. The zero-order valence-electron chi connectivity index (χ0n) is 13.6. The second-order valence-electron chi connectivity index (χ2n) is 6.14. The van der Waals surface area contributed by atoms with Crippen LogP contribution in [0.4, 0.5) is 11.4 Å². The maximum absolute atomic E-state index is 12.8. The highest BCUT2D eigenvalue weighted by atomic mass is 32.2. The van der Waals surface area contributed by atoms with E-state index in [1.807, 2.05) is 13.0 Å². The molecule has 3 rings (SSSR count). The fourth-order valence-corrected chi connectivity index (χ4v) is 3.83. The van der Waals surface area contributed by atoms with Crippen molar-refractivity contribution in [1.82, 2.24) is 0 Å². The number of para-hydroxylation sites is 1. The van der Waals surface area contributed by atoms with E-state index >= 15 is 0 Å². The van der Waals surface area contributed by atoms with E-state index in [1.165, 1.54) is 23.5 Å². The van der Waals surface area contributed by atoms with Gasteiger partial charge in [0.2, 0.25) is 5.91 Å². The number of rotatable bonds is 5. The molecule has 126 valence electrons. The smallest absolute Gasteiger partial charge is 0.264 e. The Morgan fingerprint density at radius 1 is 1.12 bits per heavy atom. The highest BCUT2D eigenvalue weighted by Gasteiger charge is 2.39. The molecule has 1 fully saturated rings. The third-order valence-electron chi connectivity index (χ3n) is 4.33. The SMILES string of the molecule is C[C@H]1C[C@H]1C(=O)Nc1cccc(S(=O)(=O)N(C)c2ccccc2)c1. The summed E-state index contributed by atoms with van der Waals surface area (Å²) in [4.78, 5) is 12.2. The van der Waals surface area contributed by atoms with E-state index in [-0.39, 0.29) is 16.7 Å². The Morgan fingerprint density at radius 2 is 1.79 bits per heavy atom. The molecule has 2 aromatic carbocycles. The second kappa shape index (κ2) is 6.28. The van der Waals surface area contributed by atoms with Crippen LogP contribution in [0.2, 0.25) is 0 Å². The Labute approximate surface area is 142 Å². The Bertz CT molecular complexity index is 850. The zero-order valence-corrected chi connectivity index (χ0v) is 14.5. The molecule has 0 saturated heterocycles. The molecule has 5 nitrogen and oxygen atoms in total. The van der Waals surface area contributed by atoms with Gasteiger partial charge >= 0.3 is 0 Å². The Kier molecular flexibility index (Phi) is 4.32. The molecular weight excluding hydrogens is 324 g/mol. The lowest BCUT2D eigenvalue weighted by Gasteiger charge is -2.19. The van der Waals surface area contributed by atoms with Crippen molar-refractivity contribution in [2.24, 2.45) is 11.8 Å². The molecule has 6 heteroatoms. The largest absolute Gasteiger partial charge is 0.326 e. The molecule has 0 heterocycles. The van der Waals surface area contributed by atoms with Gasteiger partial charge in [0.15, 0.2) is 0 Å². The molecule has 0 aliphatic heterocycles. The van der Waals surface area contributed by atoms with Gasteiger partial charge in [-0.25, -0.2) is 8.42 Å². The molecule has 2 atom stereocenters. The van der Waals surface area contributed by atoms with E-state index in [0.717, 1.165) is 6.42 Å². The third-order valence-corrected chi connectivity index (χ3v) is 6.11. The Morgan fingerprint density at radius 3 is 2.42 bits per heavy atom. The predicted molar refractivity (Wildman–Crippen MR) is 94.4 cm³/mol. The molecule has 0 spiro atoms. The maximum Gasteiger partial charge on any atom is 0.264 e. The number of hydrogen-bond donors (Lipinski definition) is 1. The van der Waals surface area contributed by atoms with E-state index < -0.39 is 10.0 Å². The molecular formula is C18H20N2O3S. The number of amides is 1. The summed E-state index contributed by atoms with van der Waals surface area (Å²) in [5.74, 6) is 0.395. The number of anilines is 2. The lowest BCUT2D eigenvalue weighted by atomic mass is 10.3. The van der Waals surface area contributed by atoms with Gasteiger partial charge < -0.3 is 5.32 Å². The van der Waals surface area contributed by atoms with Gasteiger partial charge in [0.1, 0.15) is 0 Å². The number of hydrogen-bond acceptors (Lipinski definition) is 3. The summed E-state index contributed by atoms with van der Waals surface area (Å²) in [6.07, 6.45) is 0.889. The number of sulfonamides is 1. The minimum atomic E-state index is -3.68. The van der Waals surface area contributed by atoms with Crippen LogP contribution in [-0.2, 0) is 14.8 Å². The highest BCUT2D eigenvalue weighted by Crippen LogP contribution is 2.38. The summed E-state index contributed by atoms with van der Waals surface area (Å²) in [5, 5.41) is 2.80. The molecule has 1 aliphatic carbocycles. The Hall–Kier alpha value is -2.34. The molecule has 0 radical (unpaired) electrons. The van der Waals surface area contributed by atoms with Gasteiger partial charge in [0.05, 0.1) is 10.6 Å². The molecule has 1 saturated carbocycles. The van der Waals surface area contributed by atoms with Crippen molar-refractivity contribution in [3.05, 3.63) is 54.6 Å². The first-order chi connectivity index (χ1) is 11.4. The molecule has 0 unspecified atom stereocenters. The minimum absolute atomic E-state index is 0.0391. The van der Waals surface area contributed by atoms with Crippen molar-refractivity contribution in [3.63, 3.8) is 0 Å². The third kappa shape index (κ3) is 3.28. The van der Waals surface area contributed by atoms with Crippen molar-refractivity contribution < 1.29 is 13.2 Å². The van der Waals surface area contributed by atoms with E-state index in [0.29, 0.717) is 17.3 Å². The molecule has 24 heavy (non-hydrogen) atoms. The average molecular weight is 344 g/mol. The summed E-state index contributed by atoms with van der Waals surface area (Å²) in [6, 6.07) is 15.2. The standard InChI is InChI=1S/C18H20N2O3S/c1-13-11-17(13)18(21)19-14-7-6-10-16(12-14)24(22,23)20(2)15-8-4-3-5-9-15/h3-10,12-13,17H,11H2,1-2H3,(H,19,21)/t13-,17+/m0/s1. The van der Waals surface area contributed by atoms with Crippen LogP contribution in [-0.4, -0.2) is 21.4 Å². The van der Waals surface area contributed by atoms with E-state index in [2.05, 4.69) is 5.32 Å². The van der Waals surface area contributed by atoms with Crippen molar-refractivity contribution >= 4 is 27.3 Å². The summed E-state index contributed by atoms with van der Waals surface area (Å²) in [6.45, 7) is 2.03. The predicted octanol–water partition coefficient (Wildman–Crippen LogP) is 3.11. The number of carbonyl (C=O) groups excluding carboxylic acids is 1. The number of carbonyl (C=O) groups is 1. The van der Waals surface area contributed by atoms with Crippen LogP contribution >= 0.6 is 0 Å². The van der Waals surface area contributed by atoms with E-state index in [4.69, 9.17) is 0 Å². The normalized spacial score (nSPS) is 19.6. The monoisotopic (exact) mass is 344 g/mol. The molecule has 2 aromatic rings. The summed E-state index contributed by atoms with van der Waals surface area (Å²) < 4.78 is 26.8. The van der Waals surface area contributed by atoms with Gasteiger partial charge in [-0.2, -0.15) is 0 Å². The average Bonchev–Trinajstić information content (AvgIpc) is 3.32. The van der Waals surface area contributed by atoms with Gasteiger partial charge in [0, 0.05) is 18.7 Å². The second-order valence-corrected chi connectivity index (χ2v) is 8.11. The van der Waals surface area contributed by atoms with E-state index in [9.17, 15) is 13.2 Å². The fourth-order valence-electron chi connectivity index (χ4n) is 2.59. The van der Waals surface area contributed by atoms with Crippen LogP contribution in [0.5, 0.6) is 0 Å². The van der Waals surface area contributed by atoms with E-state index in [1.54, 1.807) is 36.4 Å². The summed E-state index contributed by atoms with van der Waals surface area (Å²) in [5.41, 5.74) is 1.08. The van der Waals surface area contributed by atoms with Gasteiger partial charge in [-0.1, -0.05) is 31.2 Å². The first kappa shape index (κ1) is 16.5. The molecule has 1 N–H and O–H groups in total. The van der Waals surface area contributed by atoms with Crippen LogP contribution < -0.4 is 9.62 Å². The molecule has 1 aliphatic rings. The topological polar surface area (TPSA) is 66.5 Å². The lowest BCUT2D eigenvalue weighted by Crippen LogP contribution is -2.26. The fraction of sp³-hybridized carbons (Fsp3) is 0.278. The van der Waals surface area contributed by atoms with Crippen molar-refractivity contribution in [2.75, 3.05) is 16.7 Å². The molecule has 0 aromatic heterocycles. The Balaban J connectivity index is 1.83. The van der Waals surface area contributed by atoms with Gasteiger partial charge in [-0.05, 0) is 42.7 Å². The maximum atomic E-state index is 12.8. The van der Waals surface area contributed by atoms with Gasteiger partial charge in [-0.3, -0.25) is 9.10 Å². The van der Waals surface area contributed by atoms with Crippen molar-refractivity contribution in [3.8, 4) is 0 Å². The molecule has 0 bridgehead atoms. The van der Waals surface area contributed by atoms with Crippen LogP contribution in [0, 0.1) is 11.8 Å². The molecule has 1 amide bonds. The summed E-state index contributed by atoms with van der Waals surface area (Å²) in [7, 11) is -2.17. The van der Waals surface area contributed by atoms with Crippen LogP contribution in [0.1, 0.15) is 13.3 Å². The van der Waals surface area contributed by atoms with Gasteiger partial charge in [-0.15, -0.1) is 0 Å². The highest BCUT2D eigenvalue weighted by molar-refractivity contribution is 7.92. The lowest BCUT2D eigenvalue weighted by molar-refractivity contribution is -0.117. The van der Waals surface area contributed by atoms with Crippen molar-refractivity contribution in [1.29, 1.82) is 0 Å². The number of benzene rings is 2. The summed E-state index contributed by atoms with van der Waals surface area (Å²) >= 11 is 0. The van der Waals surface area contributed by atoms with Crippen molar-refractivity contribution in [2.45, 2.75) is 18.2 Å².